The number of aliphatic hydroxyl groups excluding tert-OH is 4. The minimum atomic E-state index is -0.727. The predicted octanol–water partition coefficient (Wildman–Crippen LogP) is 1.97. The van der Waals surface area contributed by atoms with E-state index in [1.54, 1.807) is 21.6 Å². The number of aliphatic hydroxyl groups is 4. The van der Waals surface area contributed by atoms with Gasteiger partial charge in [-0.3, -0.25) is 9.59 Å². The van der Waals surface area contributed by atoms with Gasteiger partial charge < -0.3 is 40.9 Å². The molecule has 2 amide bonds. The Morgan fingerprint density at radius 2 is 1.20 bits per heavy atom. The van der Waals surface area contributed by atoms with Gasteiger partial charge in [-0.2, -0.15) is 4.57 Å². The summed E-state index contributed by atoms with van der Waals surface area (Å²) in [6, 6.07) is 21.8. The van der Waals surface area contributed by atoms with Gasteiger partial charge in [0, 0.05) is 99.4 Å². The number of carbonyl (C=O) groups excluding carboxylic acids is 2. The lowest BCUT2D eigenvalue weighted by atomic mass is 10.1. The number of nitrogens with zero attached hydrogens (tertiary/aromatic N) is 4. The number of benzene rings is 2. The average Bonchev–Trinajstić information content (AvgIpc) is 3.85. The Morgan fingerprint density at radius 1 is 0.696 bits per heavy atom. The molecule has 3 aliphatic rings. The van der Waals surface area contributed by atoms with Gasteiger partial charge in [0.15, 0.2) is 12.2 Å². The highest BCUT2D eigenvalue weighted by Crippen LogP contribution is 2.23. The zero-order chi connectivity index (χ0) is 39.4. The van der Waals surface area contributed by atoms with Crippen molar-refractivity contribution in [3.8, 4) is 0 Å². The Hall–Kier alpha value is -4.44. The minimum Gasteiger partial charge on any atom is -0.389 e. The summed E-state index contributed by atoms with van der Waals surface area (Å²) in [4.78, 5) is 29.5. The molecule has 2 saturated heterocycles. The molecule has 2 fully saturated rings. The van der Waals surface area contributed by atoms with Gasteiger partial charge in [-0.1, -0.05) is 45.9 Å². The van der Waals surface area contributed by atoms with Crippen LogP contribution in [0, 0.1) is 0 Å². The van der Waals surface area contributed by atoms with Crippen LogP contribution < -0.4 is 25.0 Å². The van der Waals surface area contributed by atoms with Gasteiger partial charge in [-0.15, -0.1) is 0 Å². The summed E-state index contributed by atoms with van der Waals surface area (Å²) in [6.45, 7) is 5.30. The van der Waals surface area contributed by atoms with Crippen LogP contribution >= 0.6 is 21.6 Å². The maximum absolute atomic E-state index is 12.8. The molecular formula is C42H52N6O6S2+2. The van der Waals surface area contributed by atoms with E-state index in [0.717, 1.165) is 45.4 Å². The average molecular weight is 801 g/mol. The molecule has 14 heteroatoms. The zero-order valence-electron chi connectivity index (χ0n) is 31.6. The van der Waals surface area contributed by atoms with Crippen LogP contribution in [0.5, 0.6) is 0 Å². The van der Waals surface area contributed by atoms with E-state index in [1.807, 2.05) is 118 Å². The van der Waals surface area contributed by atoms with E-state index in [2.05, 4.69) is 28.2 Å². The maximum Gasteiger partial charge on any atom is 0.286 e. The molecule has 296 valence electrons. The SMILES string of the molecule is CC1C=CC(/C=C/c2ccc(N3CC(O)C(O)C3)cc2)=[N+]1CC(=O)NCCSSCCNC(=O)C[n+]1ccccc1/C=C/c1ccc(N2CC(O)C(O)C2)cc1. The smallest absolute Gasteiger partial charge is 0.286 e. The van der Waals surface area contributed by atoms with Crippen LogP contribution in [-0.4, -0.2) is 130 Å². The van der Waals surface area contributed by atoms with E-state index >= 15 is 0 Å². The Kier molecular flexibility index (Phi) is 14.8. The number of nitrogens with one attached hydrogen (secondary N) is 2. The fourth-order valence-electron chi connectivity index (χ4n) is 6.76. The second-order valence-corrected chi connectivity index (χ2v) is 16.9. The van der Waals surface area contributed by atoms with E-state index in [4.69, 9.17) is 0 Å². The molecule has 0 radical (unpaired) electrons. The molecule has 5 atom stereocenters. The number of hydrogen-bond donors (Lipinski definition) is 6. The third-order valence-electron chi connectivity index (χ3n) is 10.00. The quantitative estimate of drug-likeness (QED) is 0.0680. The highest BCUT2D eigenvalue weighted by Gasteiger charge is 2.30. The van der Waals surface area contributed by atoms with E-state index in [-0.39, 0.29) is 30.9 Å². The summed E-state index contributed by atoms with van der Waals surface area (Å²) in [5.41, 5.74) is 5.80. The number of carbonyl (C=O) groups is 2. The van der Waals surface area contributed by atoms with Gasteiger partial charge in [-0.25, -0.2) is 4.58 Å². The molecule has 6 rings (SSSR count). The monoisotopic (exact) mass is 800 g/mol. The molecule has 3 aliphatic heterocycles. The number of pyridine rings is 1. The first-order chi connectivity index (χ1) is 27.1. The highest BCUT2D eigenvalue weighted by atomic mass is 33.1. The number of aromatic nitrogens is 1. The van der Waals surface area contributed by atoms with Crippen molar-refractivity contribution in [3.63, 3.8) is 0 Å². The van der Waals surface area contributed by atoms with Crippen LogP contribution in [-0.2, 0) is 16.1 Å². The third-order valence-corrected chi connectivity index (χ3v) is 12.4. The minimum absolute atomic E-state index is 0.0326. The first-order valence-electron chi connectivity index (χ1n) is 19.0. The lowest BCUT2D eigenvalue weighted by Gasteiger charge is -2.17. The maximum atomic E-state index is 12.8. The molecule has 0 aliphatic carbocycles. The van der Waals surface area contributed by atoms with Gasteiger partial charge in [0.1, 0.15) is 0 Å². The second kappa shape index (κ2) is 20.1. The van der Waals surface area contributed by atoms with Crippen LogP contribution in [0.4, 0.5) is 11.4 Å². The summed E-state index contributed by atoms with van der Waals surface area (Å²) in [5, 5.41) is 45.4. The van der Waals surface area contributed by atoms with Gasteiger partial charge in [0.25, 0.3) is 11.8 Å². The normalized spacial score (nSPS) is 22.3. The lowest BCUT2D eigenvalue weighted by molar-refractivity contribution is -0.686. The van der Waals surface area contributed by atoms with E-state index < -0.39 is 24.4 Å². The number of β-amino-alcohol motifs (C(OH)–C–C–N with tert-alkyl or cyclic N) is 4. The van der Waals surface area contributed by atoms with E-state index in [1.165, 1.54) is 0 Å². The number of hydrogen-bond acceptors (Lipinski definition) is 10. The van der Waals surface area contributed by atoms with Gasteiger partial charge in [-0.05, 0) is 59.7 Å². The van der Waals surface area contributed by atoms with Crippen LogP contribution in [0.25, 0.3) is 18.2 Å². The fourth-order valence-corrected chi connectivity index (χ4v) is 8.58. The number of allylic oxidation sites excluding steroid dienone is 2. The van der Waals surface area contributed by atoms with Crippen molar-refractivity contribution in [2.45, 2.75) is 43.9 Å². The summed E-state index contributed by atoms with van der Waals surface area (Å²) in [7, 11) is 3.33. The topological polar surface area (TPSA) is 152 Å². The molecule has 6 N–H and O–H groups in total. The summed E-state index contributed by atoms with van der Waals surface area (Å²) in [6.07, 6.45) is 11.1. The van der Waals surface area contributed by atoms with Crippen molar-refractivity contribution < 1.29 is 39.2 Å². The molecule has 0 bridgehead atoms. The summed E-state index contributed by atoms with van der Waals surface area (Å²) in [5.74, 6) is 1.40. The molecule has 3 aromatic rings. The van der Waals surface area contributed by atoms with Crippen molar-refractivity contribution >= 4 is 68.7 Å². The molecule has 2 aromatic carbocycles. The molecule has 4 heterocycles. The molecular weight excluding hydrogens is 749 g/mol. The molecule has 12 nitrogen and oxygen atoms in total. The first kappa shape index (κ1) is 41.2. The predicted molar refractivity (Wildman–Crippen MR) is 226 cm³/mol. The van der Waals surface area contributed by atoms with Crippen LogP contribution in [0.15, 0.2) is 91.2 Å². The van der Waals surface area contributed by atoms with Crippen molar-refractivity contribution in [1.82, 2.24) is 10.6 Å². The summed E-state index contributed by atoms with van der Waals surface area (Å²) >= 11 is 0. The van der Waals surface area contributed by atoms with Gasteiger partial charge in [0.05, 0.1) is 24.4 Å². The number of amides is 2. The van der Waals surface area contributed by atoms with Gasteiger partial charge in [0.2, 0.25) is 24.5 Å². The van der Waals surface area contributed by atoms with Crippen molar-refractivity contribution in [2.24, 2.45) is 0 Å². The van der Waals surface area contributed by atoms with Gasteiger partial charge >= 0.3 is 0 Å². The fraction of sp³-hybridized carbons (Fsp3) is 0.381. The largest absolute Gasteiger partial charge is 0.389 e. The number of anilines is 2. The lowest BCUT2D eigenvalue weighted by Crippen LogP contribution is -2.45. The molecule has 0 saturated carbocycles. The van der Waals surface area contributed by atoms with Crippen molar-refractivity contribution in [1.29, 1.82) is 0 Å². The number of rotatable bonds is 17. The standard InChI is InChI=1S/C42H50N6O6S2/c1-30-5-12-36(18-11-32-9-16-35(17-10-32)47-26-39(51)40(52)27-47)48(30)29-42(54)44-20-23-56-55-22-19-43-41(53)28-45-21-3-2-4-33(45)13-6-31-7-14-34(15-8-31)46-24-37(49)38(50)25-46/h2-18,21,30,37-40,49-52H,19-20,22-29H2,1H3/p+2. The highest BCUT2D eigenvalue weighted by molar-refractivity contribution is 8.76. The van der Waals surface area contributed by atoms with Crippen LogP contribution in [0.3, 0.4) is 0 Å². The Morgan fingerprint density at radius 3 is 1.73 bits per heavy atom. The molecule has 0 spiro atoms. The van der Waals surface area contributed by atoms with Crippen LogP contribution in [0.1, 0.15) is 23.7 Å². The van der Waals surface area contributed by atoms with Crippen molar-refractivity contribution in [3.05, 3.63) is 108 Å². The van der Waals surface area contributed by atoms with E-state index in [0.29, 0.717) is 39.3 Å². The second-order valence-electron chi connectivity index (χ2n) is 14.2. The molecule has 56 heavy (non-hydrogen) atoms. The summed E-state index contributed by atoms with van der Waals surface area (Å²) < 4.78 is 3.98. The Labute approximate surface area is 336 Å². The third kappa shape index (κ3) is 11.6. The Bertz CT molecular complexity index is 1900. The van der Waals surface area contributed by atoms with E-state index in [9.17, 15) is 30.0 Å². The first-order valence-corrected chi connectivity index (χ1v) is 21.5. The zero-order valence-corrected chi connectivity index (χ0v) is 33.2. The van der Waals surface area contributed by atoms with Crippen molar-refractivity contribution in [2.75, 3.05) is 67.1 Å². The van der Waals surface area contributed by atoms with Crippen LogP contribution in [0.2, 0.25) is 0 Å². The molecule has 1 aromatic heterocycles. The Balaban J connectivity index is 0.854. The molecule has 5 unspecified atom stereocenters.